The molecule has 0 unspecified atom stereocenters. The zero-order valence-electron chi connectivity index (χ0n) is 12.8. The number of halogens is 1. The highest BCUT2D eigenvalue weighted by molar-refractivity contribution is 7.89. The van der Waals surface area contributed by atoms with Gasteiger partial charge in [-0.15, -0.1) is 0 Å². The molecule has 0 aromatic heterocycles. The van der Waals surface area contributed by atoms with E-state index in [0.29, 0.717) is 18.0 Å². The van der Waals surface area contributed by atoms with Crippen molar-refractivity contribution in [3.05, 3.63) is 34.9 Å². The predicted octanol–water partition coefficient (Wildman–Crippen LogP) is 2.88. The molecule has 1 aromatic carbocycles. The topological polar surface area (TPSA) is 49.4 Å². The lowest BCUT2D eigenvalue weighted by atomic mass is 10.2. The van der Waals surface area contributed by atoms with E-state index in [1.165, 1.54) is 4.31 Å². The van der Waals surface area contributed by atoms with Gasteiger partial charge >= 0.3 is 0 Å². The van der Waals surface area contributed by atoms with E-state index in [4.69, 9.17) is 11.6 Å². The molecule has 0 heterocycles. The van der Waals surface area contributed by atoms with E-state index in [0.717, 1.165) is 31.5 Å². The molecule has 120 valence electrons. The molecule has 0 amide bonds. The predicted molar refractivity (Wildman–Crippen MR) is 89.1 cm³/mol. The first kappa shape index (κ1) is 18.4. The SMILES string of the molecule is CCCNCCCCS(=O)(=O)N(C)Cc1cccc(Cl)c1. The maximum atomic E-state index is 12.2. The molecule has 0 bridgehead atoms. The van der Waals surface area contributed by atoms with Crippen LogP contribution < -0.4 is 5.32 Å². The Balaban J connectivity index is 2.39. The number of nitrogens with one attached hydrogen (secondary N) is 1. The monoisotopic (exact) mass is 332 g/mol. The fraction of sp³-hybridized carbons (Fsp3) is 0.600. The third-order valence-electron chi connectivity index (χ3n) is 3.20. The van der Waals surface area contributed by atoms with E-state index in [-0.39, 0.29) is 5.75 Å². The van der Waals surface area contributed by atoms with E-state index in [9.17, 15) is 8.42 Å². The van der Waals surface area contributed by atoms with E-state index >= 15 is 0 Å². The van der Waals surface area contributed by atoms with Crippen molar-refractivity contribution in [3.63, 3.8) is 0 Å². The second kappa shape index (κ2) is 9.41. The van der Waals surface area contributed by atoms with E-state index in [2.05, 4.69) is 12.2 Å². The largest absolute Gasteiger partial charge is 0.317 e. The van der Waals surface area contributed by atoms with Gasteiger partial charge in [0.25, 0.3) is 0 Å². The summed E-state index contributed by atoms with van der Waals surface area (Å²) >= 11 is 5.91. The Kier molecular flexibility index (Phi) is 8.26. The van der Waals surface area contributed by atoms with Crippen molar-refractivity contribution in [3.8, 4) is 0 Å². The highest BCUT2D eigenvalue weighted by Crippen LogP contribution is 2.14. The first-order chi connectivity index (χ1) is 9.95. The lowest BCUT2D eigenvalue weighted by molar-refractivity contribution is 0.464. The molecule has 1 aromatic rings. The Morgan fingerprint density at radius 3 is 2.67 bits per heavy atom. The van der Waals surface area contributed by atoms with Gasteiger partial charge in [-0.1, -0.05) is 30.7 Å². The molecule has 0 fully saturated rings. The van der Waals surface area contributed by atoms with Gasteiger partial charge < -0.3 is 5.32 Å². The van der Waals surface area contributed by atoms with Crippen LogP contribution in [-0.4, -0.2) is 38.6 Å². The van der Waals surface area contributed by atoms with Crippen LogP contribution in [0.3, 0.4) is 0 Å². The quantitative estimate of drug-likeness (QED) is 0.670. The number of nitrogens with zero attached hydrogens (tertiary/aromatic N) is 1. The molecule has 0 aliphatic carbocycles. The number of benzene rings is 1. The number of hydrogen-bond donors (Lipinski definition) is 1. The first-order valence-electron chi connectivity index (χ1n) is 7.35. The van der Waals surface area contributed by atoms with Crippen LogP contribution in [0, 0.1) is 0 Å². The van der Waals surface area contributed by atoms with E-state index in [1.807, 2.05) is 12.1 Å². The second-order valence-corrected chi connectivity index (χ2v) is 7.79. The first-order valence-corrected chi connectivity index (χ1v) is 9.33. The standard InChI is InChI=1S/C15H25ClN2O2S/c1-3-9-17-10-4-5-11-21(19,20)18(2)13-14-7-6-8-15(16)12-14/h6-8,12,17H,3-5,9-11,13H2,1-2H3. The molecule has 0 aliphatic rings. The molecule has 0 spiro atoms. The Bertz CT molecular complexity index is 520. The molecule has 0 atom stereocenters. The molecule has 4 nitrogen and oxygen atoms in total. The second-order valence-electron chi connectivity index (χ2n) is 5.16. The lowest BCUT2D eigenvalue weighted by Crippen LogP contribution is -2.29. The van der Waals surface area contributed by atoms with Gasteiger partial charge in [-0.05, 0) is 50.0 Å². The molecule has 21 heavy (non-hydrogen) atoms. The molecule has 1 rings (SSSR count). The summed E-state index contributed by atoms with van der Waals surface area (Å²) in [6.07, 6.45) is 2.66. The molecule has 6 heteroatoms. The smallest absolute Gasteiger partial charge is 0.214 e. The van der Waals surface area contributed by atoms with Crippen LogP contribution in [0.2, 0.25) is 5.02 Å². The highest BCUT2D eigenvalue weighted by atomic mass is 35.5. The number of sulfonamides is 1. The van der Waals surface area contributed by atoms with Crippen molar-refractivity contribution in [1.82, 2.24) is 9.62 Å². The molecular weight excluding hydrogens is 308 g/mol. The number of hydrogen-bond acceptors (Lipinski definition) is 3. The fourth-order valence-electron chi connectivity index (χ4n) is 1.98. The molecule has 0 saturated heterocycles. The van der Waals surface area contributed by atoms with Gasteiger partial charge in [0.1, 0.15) is 0 Å². The average Bonchev–Trinajstić information content (AvgIpc) is 2.42. The van der Waals surface area contributed by atoms with Crippen LogP contribution in [0.25, 0.3) is 0 Å². The Labute approximate surface area is 133 Å². The Morgan fingerprint density at radius 1 is 1.24 bits per heavy atom. The summed E-state index contributed by atoms with van der Waals surface area (Å²) in [4.78, 5) is 0. The van der Waals surface area contributed by atoms with Gasteiger partial charge in [0, 0.05) is 18.6 Å². The van der Waals surface area contributed by atoms with Crippen molar-refractivity contribution in [2.45, 2.75) is 32.7 Å². The lowest BCUT2D eigenvalue weighted by Gasteiger charge is -2.17. The maximum Gasteiger partial charge on any atom is 0.214 e. The molecule has 0 aliphatic heterocycles. The molecule has 1 N–H and O–H groups in total. The zero-order valence-corrected chi connectivity index (χ0v) is 14.4. The Morgan fingerprint density at radius 2 is 2.00 bits per heavy atom. The third kappa shape index (κ3) is 7.27. The molecular formula is C15H25ClN2O2S. The van der Waals surface area contributed by atoms with Crippen molar-refractivity contribution in [1.29, 1.82) is 0 Å². The van der Waals surface area contributed by atoms with Crippen molar-refractivity contribution < 1.29 is 8.42 Å². The number of rotatable bonds is 10. The minimum atomic E-state index is -3.20. The summed E-state index contributed by atoms with van der Waals surface area (Å²) in [5.41, 5.74) is 0.901. The van der Waals surface area contributed by atoms with Gasteiger partial charge in [-0.3, -0.25) is 0 Å². The minimum Gasteiger partial charge on any atom is -0.317 e. The van der Waals surface area contributed by atoms with Gasteiger partial charge in [0.15, 0.2) is 0 Å². The Hall–Kier alpha value is -0.620. The molecule has 0 radical (unpaired) electrons. The van der Waals surface area contributed by atoms with Crippen LogP contribution in [0.5, 0.6) is 0 Å². The van der Waals surface area contributed by atoms with Crippen LogP contribution in [0.4, 0.5) is 0 Å². The average molecular weight is 333 g/mol. The summed E-state index contributed by atoms with van der Waals surface area (Å²) in [6, 6.07) is 7.29. The van der Waals surface area contributed by atoms with Gasteiger partial charge in [-0.25, -0.2) is 12.7 Å². The molecule has 0 saturated carbocycles. The normalized spacial score (nSPS) is 12.0. The summed E-state index contributed by atoms with van der Waals surface area (Å²) in [5.74, 6) is 0.192. The number of unbranched alkanes of at least 4 members (excludes halogenated alkanes) is 1. The van der Waals surface area contributed by atoms with Crippen molar-refractivity contribution in [2.75, 3.05) is 25.9 Å². The fourth-order valence-corrected chi connectivity index (χ4v) is 3.42. The van der Waals surface area contributed by atoms with Gasteiger partial charge in [0.05, 0.1) is 5.75 Å². The van der Waals surface area contributed by atoms with E-state index < -0.39 is 10.0 Å². The maximum absolute atomic E-state index is 12.2. The van der Waals surface area contributed by atoms with Crippen molar-refractivity contribution >= 4 is 21.6 Å². The minimum absolute atomic E-state index is 0.192. The highest BCUT2D eigenvalue weighted by Gasteiger charge is 2.17. The van der Waals surface area contributed by atoms with Crippen LogP contribution in [0.15, 0.2) is 24.3 Å². The van der Waals surface area contributed by atoms with Crippen LogP contribution in [0.1, 0.15) is 31.7 Å². The summed E-state index contributed by atoms with van der Waals surface area (Å²) < 4.78 is 25.8. The van der Waals surface area contributed by atoms with Gasteiger partial charge in [-0.2, -0.15) is 0 Å². The third-order valence-corrected chi connectivity index (χ3v) is 5.32. The van der Waals surface area contributed by atoms with E-state index in [1.54, 1.807) is 19.2 Å². The van der Waals surface area contributed by atoms with Crippen LogP contribution in [-0.2, 0) is 16.6 Å². The van der Waals surface area contributed by atoms with Crippen molar-refractivity contribution in [2.24, 2.45) is 0 Å². The van der Waals surface area contributed by atoms with Crippen LogP contribution >= 0.6 is 11.6 Å². The summed E-state index contributed by atoms with van der Waals surface area (Å²) in [6.45, 7) is 4.34. The summed E-state index contributed by atoms with van der Waals surface area (Å²) in [5, 5.41) is 3.90. The zero-order chi connectivity index (χ0) is 15.7. The summed E-state index contributed by atoms with van der Waals surface area (Å²) in [7, 11) is -1.58. The van der Waals surface area contributed by atoms with Gasteiger partial charge in [0.2, 0.25) is 10.0 Å².